The maximum atomic E-state index is 13.9. The quantitative estimate of drug-likeness (QED) is 0.785. The van der Waals surface area contributed by atoms with Gasteiger partial charge in [-0.05, 0) is 18.2 Å². The fourth-order valence-corrected chi connectivity index (χ4v) is 2.75. The van der Waals surface area contributed by atoms with Crippen LogP contribution in [0.2, 0.25) is 0 Å². The third-order valence-electron chi connectivity index (χ3n) is 3.92. The summed E-state index contributed by atoms with van der Waals surface area (Å²) in [7, 11) is 0. The van der Waals surface area contributed by atoms with E-state index in [1.807, 2.05) is 18.3 Å². The molecule has 3 heterocycles. The van der Waals surface area contributed by atoms with Gasteiger partial charge in [-0.1, -0.05) is 12.1 Å². The molecule has 0 atom stereocenters. The molecule has 1 saturated heterocycles. The van der Waals surface area contributed by atoms with Gasteiger partial charge in [0.2, 0.25) is 0 Å². The number of hydrogen-bond donors (Lipinski definition) is 1. The van der Waals surface area contributed by atoms with Gasteiger partial charge in [0.25, 0.3) is 0 Å². The molecule has 0 amide bonds. The normalized spacial score (nSPS) is 15.4. The summed E-state index contributed by atoms with van der Waals surface area (Å²) < 4.78 is 15.6. The van der Waals surface area contributed by atoms with Gasteiger partial charge in [-0.3, -0.25) is 0 Å². The molecular weight excluding hydrogens is 281 g/mol. The predicted octanol–water partition coefficient (Wildman–Crippen LogP) is 1.94. The fourth-order valence-electron chi connectivity index (χ4n) is 2.75. The highest BCUT2D eigenvalue weighted by atomic mass is 19.1. The first-order chi connectivity index (χ1) is 10.8. The molecular formula is C16H16FN5. The van der Waals surface area contributed by atoms with Crippen molar-refractivity contribution < 1.29 is 4.39 Å². The number of halogens is 1. The molecule has 0 unspecified atom stereocenters. The van der Waals surface area contributed by atoms with E-state index in [4.69, 9.17) is 0 Å². The van der Waals surface area contributed by atoms with Gasteiger partial charge in [0.1, 0.15) is 5.82 Å². The monoisotopic (exact) mass is 297 g/mol. The highest BCUT2D eigenvalue weighted by Crippen LogP contribution is 2.22. The van der Waals surface area contributed by atoms with E-state index in [-0.39, 0.29) is 5.82 Å². The second-order valence-electron chi connectivity index (χ2n) is 5.34. The molecule has 0 bridgehead atoms. The highest BCUT2D eigenvalue weighted by Gasteiger charge is 2.14. The summed E-state index contributed by atoms with van der Waals surface area (Å²) in [6, 6.07) is 10.6. The zero-order chi connectivity index (χ0) is 14.9. The lowest BCUT2D eigenvalue weighted by Gasteiger charge is -2.29. The SMILES string of the molecule is Fc1ccccc1-c1nc2cc(N3CCNCC3)ccn2n1. The average molecular weight is 297 g/mol. The number of piperazine rings is 1. The topological polar surface area (TPSA) is 45.5 Å². The fraction of sp³-hybridized carbons (Fsp3) is 0.250. The molecule has 1 aliphatic rings. The van der Waals surface area contributed by atoms with E-state index < -0.39 is 0 Å². The molecule has 1 aromatic carbocycles. The lowest BCUT2D eigenvalue weighted by atomic mass is 10.2. The first kappa shape index (κ1) is 13.2. The Hall–Kier alpha value is -2.47. The second-order valence-corrected chi connectivity index (χ2v) is 5.34. The lowest BCUT2D eigenvalue weighted by Crippen LogP contribution is -2.43. The van der Waals surface area contributed by atoms with Crippen molar-refractivity contribution in [2.75, 3.05) is 31.1 Å². The zero-order valence-electron chi connectivity index (χ0n) is 12.0. The van der Waals surface area contributed by atoms with Gasteiger partial charge >= 0.3 is 0 Å². The number of aromatic nitrogens is 3. The Morgan fingerprint density at radius 1 is 1.09 bits per heavy atom. The second kappa shape index (κ2) is 5.38. The maximum Gasteiger partial charge on any atom is 0.185 e. The lowest BCUT2D eigenvalue weighted by molar-refractivity contribution is 0.589. The van der Waals surface area contributed by atoms with Crippen LogP contribution >= 0.6 is 0 Å². The van der Waals surface area contributed by atoms with Gasteiger partial charge in [0.05, 0.1) is 5.56 Å². The van der Waals surface area contributed by atoms with Crippen molar-refractivity contribution in [3.05, 3.63) is 48.4 Å². The molecule has 0 spiro atoms. The van der Waals surface area contributed by atoms with Crippen LogP contribution in [-0.2, 0) is 0 Å². The molecule has 22 heavy (non-hydrogen) atoms. The van der Waals surface area contributed by atoms with Crippen LogP contribution < -0.4 is 10.2 Å². The number of pyridine rings is 1. The van der Waals surface area contributed by atoms with Crippen LogP contribution in [0.1, 0.15) is 0 Å². The molecule has 1 fully saturated rings. The summed E-state index contributed by atoms with van der Waals surface area (Å²) in [5.41, 5.74) is 2.28. The summed E-state index contributed by atoms with van der Waals surface area (Å²) in [6.45, 7) is 3.92. The summed E-state index contributed by atoms with van der Waals surface area (Å²) in [6.07, 6.45) is 1.88. The van der Waals surface area contributed by atoms with Crippen LogP contribution in [0.25, 0.3) is 17.0 Å². The van der Waals surface area contributed by atoms with Crippen LogP contribution in [0.5, 0.6) is 0 Å². The number of nitrogens with zero attached hydrogens (tertiary/aromatic N) is 4. The van der Waals surface area contributed by atoms with Crippen LogP contribution in [0, 0.1) is 5.82 Å². The Bertz CT molecular complexity index is 807. The van der Waals surface area contributed by atoms with Crippen molar-refractivity contribution in [2.45, 2.75) is 0 Å². The van der Waals surface area contributed by atoms with Gasteiger partial charge in [0, 0.05) is 44.1 Å². The van der Waals surface area contributed by atoms with Crippen molar-refractivity contribution in [1.29, 1.82) is 0 Å². The van der Waals surface area contributed by atoms with E-state index in [2.05, 4.69) is 20.3 Å². The number of hydrogen-bond acceptors (Lipinski definition) is 4. The molecule has 2 aromatic heterocycles. The molecule has 1 N–H and O–H groups in total. The Labute approximate surface area is 127 Å². The van der Waals surface area contributed by atoms with Crippen LogP contribution in [-0.4, -0.2) is 40.8 Å². The molecule has 5 nitrogen and oxygen atoms in total. The molecule has 112 valence electrons. The molecule has 6 heteroatoms. The van der Waals surface area contributed by atoms with Crippen molar-refractivity contribution in [1.82, 2.24) is 19.9 Å². The van der Waals surface area contributed by atoms with Gasteiger partial charge in [-0.15, -0.1) is 5.10 Å². The van der Waals surface area contributed by atoms with E-state index in [0.717, 1.165) is 37.5 Å². The van der Waals surface area contributed by atoms with Gasteiger partial charge in [-0.2, -0.15) is 0 Å². The Balaban J connectivity index is 1.73. The molecule has 1 aliphatic heterocycles. The zero-order valence-corrected chi connectivity index (χ0v) is 12.0. The Morgan fingerprint density at radius 2 is 1.91 bits per heavy atom. The Morgan fingerprint density at radius 3 is 2.73 bits per heavy atom. The van der Waals surface area contributed by atoms with Gasteiger partial charge < -0.3 is 10.2 Å². The molecule has 0 saturated carbocycles. The number of rotatable bonds is 2. The van der Waals surface area contributed by atoms with Crippen molar-refractivity contribution in [2.24, 2.45) is 0 Å². The van der Waals surface area contributed by atoms with E-state index in [1.165, 1.54) is 6.07 Å². The first-order valence-corrected chi connectivity index (χ1v) is 7.38. The van der Waals surface area contributed by atoms with E-state index in [0.29, 0.717) is 11.4 Å². The third kappa shape index (κ3) is 2.31. The molecule has 0 radical (unpaired) electrons. The van der Waals surface area contributed by atoms with Gasteiger partial charge in [0.15, 0.2) is 11.5 Å². The maximum absolute atomic E-state index is 13.9. The van der Waals surface area contributed by atoms with Crippen molar-refractivity contribution >= 4 is 11.3 Å². The largest absolute Gasteiger partial charge is 0.369 e. The van der Waals surface area contributed by atoms with Crippen molar-refractivity contribution in [3.8, 4) is 11.4 Å². The summed E-state index contributed by atoms with van der Waals surface area (Å²) in [5, 5.41) is 7.70. The summed E-state index contributed by atoms with van der Waals surface area (Å²) in [5.74, 6) is 0.108. The standard InChI is InChI=1S/C16H16FN5/c17-14-4-2-1-3-13(14)16-19-15-11-12(5-8-22(15)20-16)21-9-6-18-7-10-21/h1-5,8,11,18H,6-7,9-10H2. The summed E-state index contributed by atoms with van der Waals surface area (Å²) in [4.78, 5) is 6.78. The number of anilines is 1. The first-order valence-electron chi connectivity index (χ1n) is 7.38. The minimum atomic E-state index is -0.305. The molecule has 0 aliphatic carbocycles. The van der Waals surface area contributed by atoms with E-state index >= 15 is 0 Å². The minimum Gasteiger partial charge on any atom is -0.369 e. The number of nitrogens with one attached hydrogen (secondary N) is 1. The van der Waals surface area contributed by atoms with E-state index in [9.17, 15) is 4.39 Å². The minimum absolute atomic E-state index is 0.305. The van der Waals surface area contributed by atoms with Crippen LogP contribution in [0.3, 0.4) is 0 Å². The van der Waals surface area contributed by atoms with Gasteiger partial charge in [-0.25, -0.2) is 13.9 Å². The number of fused-ring (bicyclic) bond motifs is 1. The number of benzene rings is 1. The third-order valence-corrected chi connectivity index (χ3v) is 3.92. The highest BCUT2D eigenvalue weighted by molar-refractivity contribution is 5.62. The van der Waals surface area contributed by atoms with Crippen LogP contribution in [0.4, 0.5) is 10.1 Å². The molecule has 3 aromatic rings. The smallest absolute Gasteiger partial charge is 0.185 e. The van der Waals surface area contributed by atoms with Crippen LogP contribution in [0.15, 0.2) is 42.6 Å². The summed E-state index contributed by atoms with van der Waals surface area (Å²) >= 11 is 0. The molecule has 4 rings (SSSR count). The van der Waals surface area contributed by atoms with E-state index in [1.54, 1.807) is 22.7 Å². The Kier molecular flexibility index (Phi) is 3.23. The predicted molar refractivity (Wildman–Crippen MR) is 83.5 cm³/mol. The van der Waals surface area contributed by atoms with Crippen molar-refractivity contribution in [3.63, 3.8) is 0 Å². The average Bonchev–Trinajstić information content (AvgIpc) is 2.99.